The summed E-state index contributed by atoms with van der Waals surface area (Å²) in [6.45, 7) is 0. The number of hydrogen-bond donors (Lipinski definition) is 1. The van der Waals surface area contributed by atoms with Gasteiger partial charge >= 0.3 is 5.97 Å². The van der Waals surface area contributed by atoms with Gasteiger partial charge in [-0.05, 0) is 36.5 Å². The number of aromatic nitrogens is 2. The van der Waals surface area contributed by atoms with Gasteiger partial charge < -0.3 is 10.0 Å². The fourth-order valence-corrected chi connectivity index (χ4v) is 4.29. The van der Waals surface area contributed by atoms with Crippen LogP contribution in [0.5, 0.6) is 0 Å². The van der Waals surface area contributed by atoms with Gasteiger partial charge in [0, 0.05) is 12.5 Å². The summed E-state index contributed by atoms with van der Waals surface area (Å²) in [5.41, 5.74) is 1.31. The summed E-state index contributed by atoms with van der Waals surface area (Å²) in [5, 5.41) is 13.4. The fourth-order valence-electron chi connectivity index (χ4n) is 3.48. The first-order valence-corrected chi connectivity index (χ1v) is 7.90. The number of carboxylic acid groups (broad SMARTS) is 1. The summed E-state index contributed by atoms with van der Waals surface area (Å²) in [7, 11) is 0. The van der Waals surface area contributed by atoms with E-state index in [4.69, 9.17) is 0 Å². The summed E-state index contributed by atoms with van der Waals surface area (Å²) in [6.07, 6.45) is 2.53. The van der Waals surface area contributed by atoms with Crippen molar-refractivity contribution in [3.63, 3.8) is 0 Å². The predicted octanol–water partition coefficient (Wildman–Crippen LogP) is 2.14. The van der Waals surface area contributed by atoms with Crippen LogP contribution in [0.15, 0.2) is 24.3 Å². The van der Waals surface area contributed by atoms with Gasteiger partial charge in [0.15, 0.2) is 0 Å². The third kappa shape index (κ3) is 1.85. The minimum atomic E-state index is -1.08. The lowest BCUT2D eigenvalue weighted by atomic mass is 10.0. The average molecular weight is 315 g/mol. The first-order chi connectivity index (χ1) is 10.7. The number of carbonyl (C=O) groups is 2. The molecule has 6 nitrogen and oxygen atoms in total. The van der Waals surface area contributed by atoms with Crippen molar-refractivity contribution in [3.8, 4) is 0 Å². The molecule has 1 fully saturated rings. The molecule has 2 aliphatic rings. The van der Waals surface area contributed by atoms with Crippen LogP contribution in [-0.2, 0) is 6.42 Å². The molecule has 0 saturated carbocycles. The van der Waals surface area contributed by atoms with Gasteiger partial charge in [-0.3, -0.25) is 4.79 Å². The van der Waals surface area contributed by atoms with Crippen LogP contribution in [0.2, 0.25) is 0 Å². The van der Waals surface area contributed by atoms with Crippen LogP contribution in [0.4, 0.5) is 0 Å². The highest BCUT2D eigenvalue weighted by molar-refractivity contribution is 7.05. The monoisotopic (exact) mass is 315 g/mol. The second kappa shape index (κ2) is 4.88. The Kier molecular flexibility index (Phi) is 2.97. The summed E-state index contributed by atoms with van der Waals surface area (Å²) in [4.78, 5) is 27.2. The van der Waals surface area contributed by atoms with E-state index in [2.05, 4.69) is 9.59 Å². The standard InChI is InChI=1S/C15H13N3O3S/c19-14(9-3-1-2-4-10(9)15(20)21)18-8-5-6-12(18)13-11(7-8)16-17-22-13/h1-4,8,12H,5-7H2,(H,20,21)/t8-,12+/m0/s1. The van der Waals surface area contributed by atoms with Crippen molar-refractivity contribution in [3.05, 3.63) is 46.0 Å². The van der Waals surface area contributed by atoms with Crippen molar-refractivity contribution in [2.45, 2.75) is 31.3 Å². The maximum Gasteiger partial charge on any atom is 0.336 e. The van der Waals surface area contributed by atoms with E-state index in [1.807, 2.05) is 4.90 Å². The van der Waals surface area contributed by atoms with Crippen LogP contribution in [0.25, 0.3) is 0 Å². The van der Waals surface area contributed by atoms with Gasteiger partial charge in [0.1, 0.15) is 0 Å². The van der Waals surface area contributed by atoms with Crippen molar-refractivity contribution < 1.29 is 14.7 Å². The first kappa shape index (κ1) is 13.4. The van der Waals surface area contributed by atoms with Gasteiger partial charge in [0.25, 0.3) is 5.91 Å². The number of rotatable bonds is 2. The molecule has 1 N–H and O–H groups in total. The van der Waals surface area contributed by atoms with E-state index >= 15 is 0 Å². The van der Waals surface area contributed by atoms with Gasteiger partial charge in [-0.2, -0.15) is 0 Å². The van der Waals surface area contributed by atoms with E-state index in [0.29, 0.717) is 6.42 Å². The van der Waals surface area contributed by atoms with Crippen LogP contribution >= 0.6 is 11.5 Å². The largest absolute Gasteiger partial charge is 0.478 e. The molecule has 1 aromatic carbocycles. The Labute approximate surface area is 130 Å². The second-order valence-electron chi connectivity index (χ2n) is 5.60. The summed E-state index contributed by atoms with van der Waals surface area (Å²) in [6, 6.07) is 6.48. The molecule has 112 valence electrons. The Hall–Kier alpha value is -2.28. The average Bonchev–Trinajstić information content (AvgIpc) is 3.11. The van der Waals surface area contributed by atoms with Gasteiger partial charge in [0.2, 0.25) is 0 Å². The molecule has 22 heavy (non-hydrogen) atoms. The molecule has 0 spiro atoms. The van der Waals surface area contributed by atoms with Crippen molar-refractivity contribution in [2.24, 2.45) is 0 Å². The Balaban J connectivity index is 1.75. The van der Waals surface area contributed by atoms with Gasteiger partial charge in [-0.15, -0.1) is 5.10 Å². The van der Waals surface area contributed by atoms with E-state index in [1.165, 1.54) is 17.6 Å². The molecule has 1 saturated heterocycles. The number of carbonyl (C=O) groups excluding carboxylic acids is 1. The van der Waals surface area contributed by atoms with Crippen LogP contribution in [0.3, 0.4) is 0 Å². The van der Waals surface area contributed by atoms with Crippen molar-refractivity contribution in [1.82, 2.24) is 14.5 Å². The number of fused-ring (bicyclic) bond motifs is 4. The van der Waals surface area contributed by atoms with E-state index in [-0.39, 0.29) is 29.1 Å². The molecule has 0 unspecified atom stereocenters. The highest BCUT2D eigenvalue weighted by atomic mass is 32.1. The summed E-state index contributed by atoms with van der Waals surface area (Å²) >= 11 is 1.34. The Morgan fingerprint density at radius 1 is 1.23 bits per heavy atom. The molecule has 0 radical (unpaired) electrons. The summed E-state index contributed by atoms with van der Waals surface area (Å²) < 4.78 is 3.99. The Morgan fingerprint density at radius 2 is 2.00 bits per heavy atom. The Morgan fingerprint density at radius 3 is 2.77 bits per heavy atom. The molecular formula is C15H13N3O3S. The molecule has 2 bridgehead atoms. The number of nitrogens with zero attached hydrogens (tertiary/aromatic N) is 3. The summed E-state index contributed by atoms with van der Waals surface area (Å²) in [5.74, 6) is -1.28. The van der Waals surface area contributed by atoms with Crippen molar-refractivity contribution >= 4 is 23.4 Å². The molecule has 2 aromatic rings. The molecule has 1 aromatic heterocycles. The zero-order valence-corrected chi connectivity index (χ0v) is 12.4. The van der Waals surface area contributed by atoms with Crippen LogP contribution in [0.1, 0.15) is 50.2 Å². The predicted molar refractivity (Wildman–Crippen MR) is 78.9 cm³/mol. The number of hydrogen-bond acceptors (Lipinski definition) is 5. The molecular weight excluding hydrogens is 302 g/mol. The zero-order chi connectivity index (χ0) is 15.3. The topological polar surface area (TPSA) is 83.4 Å². The quantitative estimate of drug-likeness (QED) is 0.918. The van der Waals surface area contributed by atoms with Crippen LogP contribution in [-0.4, -0.2) is 37.5 Å². The number of carboxylic acids is 1. The highest BCUT2D eigenvalue weighted by Gasteiger charge is 2.45. The number of amides is 1. The van der Waals surface area contributed by atoms with Crippen LogP contribution < -0.4 is 0 Å². The van der Waals surface area contributed by atoms with Gasteiger partial charge in [0.05, 0.1) is 27.7 Å². The lowest BCUT2D eigenvalue weighted by Crippen LogP contribution is -2.42. The lowest BCUT2D eigenvalue weighted by molar-refractivity contribution is 0.0623. The second-order valence-corrected chi connectivity index (χ2v) is 6.38. The maximum atomic E-state index is 12.9. The minimum Gasteiger partial charge on any atom is -0.478 e. The van der Waals surface area contributed by atoms with E-state index in [9.17, 15) is 14.7 Å². The van der Waals surface area contributed by atoms with Crippen molar-refractivity contribution in [2.75, 3.05) is 0 Å². The van der Waals surface area contributed by atoms with E-state index < -0.39 is 5.97 Å². The van der Waals surface area contributed by atoms with Crippen LogP contribution in [0, 0.1) is 0 Å². The van der Waals surface area contributed by atoms with Crippen molar-refractivity contribution in [1.29, 1.82) is 0 Å². The number of aromatic carboxylic acids is 1. The third-order valence-electron chi connectivity index (χ3n) is 4.44. The Bertz CT molecular complexity index is 773. The maximum absolute atomic E-state index is 12.9. The van der Waals surface area contributed by atoms with Gasteiger partial charge in [-0.25, -0.2) is 4.79 Å². The first-order valence-electron chi connectivity index (χ1n) is 7.13. The molecule has 4 rings (SSSR count). The molecule has 2 atom stereocenters. The molecule has 0 aliphatic carbocycles. The molecule has 7 heteroatoms. The molecule has 3 heterocycles. The highest BCUT2D eigenvalue weighted by Crippen LogP contribution is 2.45. The molecule has 2 aliphatic heterocycles. The molecule has 1 amide bonds. The lowest BCUT2D eigenvalue weighted by Gasteiger charge is -2.33. The smallest absolute Gasteiger partial charge is 0.336 e. The normalized spacial score (nSPS) is 22.5. The van der Waals surface area contributed by atoms with E-state index in [1.54, 1.807) is 18.2 Å². The minimum absolute atomic E-state index is 0.0110. The third-order valence-corrected chi connectivity index (χ3v) is 5.31. The number of benzene rings is 1. The van der Waals surface area contributed by atoms with E-state index in [0.717, 1.165) is 23.4 Å². The SMILES string of the molecule is O=C(O)c1ccccc1C(=O)N1[C@H]2CC[C@@H]1c1snnc1C2. The fraction of sp³-hybridized carbons (Fsp3) is 0.333. The van der Waals surface area contributed by atoms with Gasteiger partial charge in [-0.1, -0.05) is 16.6 Å². The zero-order valence-electron chi connectivity index (χ0n) is 11.6.